The van der Waals surface area contributed by atoms with Crippen molar-refractivity contribution in [2.24, 2.45) is 0 Å². The van der Waals surface area contributed by atoms with Crippen LogP contribution in [0, 0.1) is 13.8 Å². The maximum Gasteiger partial charge on any atom is 0.259 e. The second-order valence-electron chi connectivity index (χ2n) is 6.10. The number of aryl methyl sites for hydroxylation is 3. The van der Waals surface area contributed by atoms with Crippen LogP contribution < -0.4 is 5.32 Å². The molecule has 0 spiro atoms. The van der Waals surface area contributed by atoms with Crippen molar-refractivity contribution in [1.29, 1.82) is 0 Å². The fourth-order valence-corrected chi connectivity index (χ4v) is 3.35. The number of hydrogen-bond acceptors (Lipinski definition) is 6. The van der Waals surface area contributed by atoms with Gasteiger partial charge in [0.1, 0.15) is 0 Å². The summed E-state index contributed by atoms with van der Waals surface area (Å²) in [6.45, 7) is 5.71. The second kappa shape index (κ2) is 5.43. The van der Waals surface area contributed by atoms with Crippen molar-refractivity contribution in [3.05, 3.63) is 33.8 Å². The van der Waals surface area contributed by atoms with Crippen LogP contribution in [0.25, 0.3) is 11.1 Å². The van der Waals surface area contributed by atoms with Crippen LogP contribution in [-0.2, 0) is 19.3 Å². The molecule has 3 aromatic heterocycles. The second-order valence-corrected chi connectivity index (χ2v) is 6.10. The molecule has 7 nitrogen and oxygen atoms in total. The molecule has 0 fully saturated rings. The number of amides is 1. The van der Waals surface area contributed by atoms with Gasteiger partial charge < -0.3 is 9.05 Å². The van der Waals surface area contributed by atoms with Crippen LogP contribution in [0.3, 0.4) is 0 Å². The van der Waals surface area contributed by atoms with E-state index in [1.807, 2.05) is 20.8 Å². The highest BCUT2D eigenvalue weighted by molar-refractivity contribution is 6.13. The van der Waals surface area contributed by atoms with Gasteiger partial charge in [0.2, 0.25) is 5.88 Å². The standard InChI is InChI=1S/C17H18N4O3/c1-4-11-8(2)16(23-21-11)19-15(22)14-10-6-5-7-12(10)18-17-13(14)9(3)20-24-17/h4-7H2,1-3H3,(H,19,22). The normalized spacial score (nSPS) is 13.5. The lowest BCUT2D eigenvalue weighted by Crippen LogP contribution is -2.16. The SMILES string of the molecule is CCc1noc(NC(=O)c2c3c(nc4onc(C)c24)CCC3)c1C. The minimum Gasteiger partial charge on any atom is -0.338 e. The van der Waals surface area contributed by atoms with Gasteiger partial charge in [0.25, 0.3) is 11.6 Å². The smallest absolute Gasteiger partial charge is 0.259 e. The minimum absolute atomic E-state index is 0.228. The summed E-state index contributed by atoms with van der Waals surface area (Å²) in [5.74, 6) is 0.163. The molecule has 24 heavy (non-hydrogen) atoms. The predicted molar refractivity (Wildman–Crippen MR) is 87.1 cm³/mol. The summed E-state index contributed by atoms with van der Waals surface area (Å²) in [6.07, 6.45) is 3.43. The van der Waals surface area contributed by atoms with Crippen molar-refractivity contribution in [1.82, 2.24) is 15.3 Å². The molecule has 124 valence electrons. The minimum atomic E-state index is -0.228. The maximum atomic E-state index is 13.0. The number of carbonyl (C=O) groups is 1. The van der Waals surface area contributed by atoms with Gasteiger partial charge in [0.05, 0.1) is 22.3 Å². The highest BCUT2D eigenvalue weighted by Crippen LogP contribution is 2.32. The monoisotopic (exact) mass is 326 g/mol. The molecule has 0 atom stereocenters. The van der Waals surface area contributed by atoms with Gasteiger partial charge in [0.15, 0.2) is 0 Å². The third-order valence-corrected chi connectivity index (χ3v) is 4.63. The number of pyridine rings is 1. The van der Waals surface area contributed by atoms with Crippen LogP contribution in [-0.4, -0.2) is 21.2 Å². The lowest BCUT2D eigenvalue weighted by atomic mass is 10.0. The van der Waals surface area contributed by atoms with E-state index in [4.69, 9.17) is 9.05 Å². The van der Waals surface area contributed by atoms with E-state index in [0.29, 0.717) is 28.2 Å². The predicted octanol–water partition coefficient (Wildman–Crippen LogP) is 3.13. The number of rotatable bonds is 3. The molecule has 0 saturated carbocycles. The molecule has 0 radical (unpaired) electrons. The number of anilines is 1. The Morgan fingerprint density at radius 2 is 2.04 bits per heavy atom. The lowest BCUT2D eigenvalue weighted by molar-refractivity contribution is 0.102. The Labute approximate surface area is 138 Å². The molecule has 0 bridgehead atoms. The van der Waals surface area contributed by atoms with Crippen molar-refractivity contribution in [3.8, 4) is 0 Å². The number of fused-ring (bicyclic) bond motifs is 2. The van der Waals surface area contributed by atoms with E-state index in [9.17, 15) is 4.79 Å². The summed E-state index contributed by atoms with van der Waals surface area (Å²) in [5.41, 5.74) is 5.29. The molecule has 0 unspecified atom stereocenters. The molecule has 0 aromatic carbocycles. The third-order valence-electron chi connectivity index (χ3n) is 4.63. The molecule has 7 heteroatoms. The zero-order chi connectivity index (χ0) is 16.8. The molecule has 1 aliphatic carbocycles. The van der Waals surface area contributed by atoms with Gasteiger partial charge in [0, 0.05) is 11.3 Å². The first-order chi connectivity index (χ1) is 11.6. The van der Waals surface area contributed by atoms with E-state index < -0.39 is 0 Å². The number of nitrogens with zero attached hydrogens (tertiary/aromatic N) is 3. The number of hydrogen-bond donors (Lipinski definition) is 1. The van der Waals surface area contributed by atoms with Crippen LogP contribution >= 0.6 is 0 Å². The fraction of sp³-hybridized carbons (Fsp3) is 0.412. The van der Waals surface area contributed by atoms with Crippen LogP contribution in [0.2, 0.25) is 0 Å². The summed E-state index contributed by atoms with van der Waals surface area (Å²) >= 11 is 0. The number of carbonyl (C=O) groups excluding carboxylic acids is 1. The van der Waals surface area contributed by atoms with Gasteiger partial charge in [-0.2, -0.15) is 0 Å². The van der Waals surface area contributed by atoms with E-state index in [-0.39, 0.29) is 5.91 Å². The van der Waals surface area contributed by atoms with Crippen LogP contribution in [0.1, 0.15) is 51.9 Å². The van der Waals surface area contributed by atoms with Gasteiger partial charge in [-0.15, -0.1) is 0 Å². The zero-order valence-electron chi connectivity index (χ0n) is 13.9. The van der Waals surface area contributed by atoms with E-state index in [1.54, 1.807) is 0 Å². The summed E-state index contributed by atoms with van der Waals surface area (Å²) in [4.78, 5) is 17.5. The van der Waals surface area contributed by atoms with Crippen molar-refractivity contribution in [2.75, 3.05) is 5.32 Å². The molecule has 1 N–H and O–H groups in total. The van der Waals surface area contributed by atoms with Gasteiger partial charge in [-0.05, 0) is 45.1 Å². The van der Waals surface area contributed by atoms with E-state index in [0.717, 1.165) is 48.2 Å². The number of aromatic nitrogens is 3. The van der Waals surface area contributed by atoms with Crippen LogP contribution in [0.5, 0.6) is 0 Å². The lowest BCUT2D eigenvalue weighted by Gasteiger charge is -2.09. The molecule has 1 aliphatic rings. The van der Waals surface area contributed by atoms with E-state index in [1.165, 1.54) is 0 Å². The van der Waals surface area contributed by atoms with Crippen molar-refractivity contribution in [2.45, 2.75) is 46.5 Å². The quantitative estimate of drug-likeness (QED) is 0.794. The number of nitrogens with one attached hydrogen (secondary N) is 1. The summed E-state index contributed by atoms with van der Waals surface area (Å²) in [5, 5.41) is 11.5. The molecule has 3 heterocycles. The maximum absolute atomic E-state index is 13.0. The summed E-state index contributed by atoms with van der Waals surface area (Å²) < 4.78 is 10.6. The molecule has 3 aromatic rings. The molecular formula is C17H18N4O3. The van der Waals surface area contributed by atoms with Crippen LogP contribution in [0.15, 0.2) is 9.05 Å². The Morgan fingerprint density at radius 1 is 1.21 bits per heavy atom. The van der Waals surface area contributed by atoms with Gasteiger partial charge in [-0.1, -0.05) is 17.2 Å². The molecule has 4 rings (SSSR count). The average Bonchev–Trinajstić information content (AvgIpc) is 3.26. The van der Waals surface area contributed by atoms with Crippen molar-refractivity contribution < 1.29 is 13.8 Å². The average molecular weight is 326 g/mol. The Hall–Kier alpha value is -2.70. The summed E-state index contributed by atoms with van der Waals surface area (Å²) in [6, 6.07) is 0. The Balaban J connectivity index is 1.82. The van der Waals surface area contributed by atoms with Crippen molar-refractivity contribution in [3.63, 3.8) is 0 Å². The Morgan fingerprint density at radius 3 is 2.79 bits per heavy atom. The van der Waals surface area contributed by atoms with Gasteiger partial charge in [-0.25, -0.2) is 4.98 Å². The fourth-order valence-electron chi connectivity index (χ4n) is 3.35. The molecular weight excluding hydrogens is 308 g/mol. The molecule has 0 saturated heterocycles. The largest absolute Gasteiger partial charge is 0.338 e. The third kappa shape index (κ3) is 2.11. The molecule has 0 aliphatic heterocycles. The van der Waals surface area contributed by atoms with E-state index >= 15 is 0 Å². The van der Waals surface area contributed by atoms with Gasteiger partial charge in [-0.3, -0.25) is 10.1 Å². The Kier molecular flexibility index (Phi) is 3.37. The van der Waals surface area contributed by atoms with Crippen molar-refractivity contribution >= 4 is 22.9 Å². The van der Waals surface area contributed by atoms with E-state index in [2.05, 4.69) is 20.6 Å². The first-order valence-electron chi connectivity index (χ1n) is 8.14. The zero-order valence-corrected chi connectivity index (χ0v) is 13.9. The topological polar surface area (TPSA) is 94.1 Å². The van der Waals surface area contributed by atoms with Gasteiger partial charge >= 0.3 is 0 Å². The Bertz CT molecular complexity index is 955. The molecule has 1 amide bonds. The highest BCUT2D eigenvalue weighted by Gasteiger charge is 2.28. The first kappa shape index (κ1) is 14.9. The first-order valence-corrected chi connectivity index (χ1v) is 8.14. The highest BCUT2D eigenvalue weighted by atomic mass is 16.5. The summed E-state index contributed by atoms with van der Waals surface area (Å²) in [7, 11) is 0. The van der Waals surface area contributed by atoms with Crippen LogP contribution in [0.4, 0.5) is 5.88 Å².